The number of hydrogen-bond donors (Lipinski definition) is 0. The lowest BCUT2D eigenvalue weighted by molar-refractivity contribution is 0.0924. The molecule has 0 spiro atoms. The summed E-state index contributed by atoms with van der Waals surface area (Å²) in [6, 6.07) is 7.64. The van der Waals surface area contributed by atoms with Crippen LogP contribution in [0.2, 0.25) is 0 Å². The van der Waals surface area contributed by atoms with Gasteiger partial charge in [0.2, 0.25) is 0 Å². The Morgan fingerprint density at radius 1 is 1.44 bits per heavy atom. The number of halogens is 1. The lowest BCUT2D eigenvalue weighted by Crippen LogP contribution is -2.19. The third kappa shape index (κ3) is 2.70. The van der Waals surface area contributed by atoms with E-state index >= 15 is 0 Å². The lowest BCUT2D eigenvalue weighted by Gasteiger charge is -2.13. The molecule has 2 nitrogen and oxygen atoms in total. The third-order valence-corrected chi connectivity index (χ3v) is 3.05. The molecule has 1 aromatic carbocycles. The van der Waals surface area contributed by atoms with E-state index in [1.807, 2.05) is 32.9 Å². The number of rotatable bonds is 3. The average Bonchev–Trinajstić information content (AvgIpc) is 2.22. The maximum Gasteiger partial charge on any atom is 0.180 e. The number of Topliss-reactive ketones (excluding diaryl/α,β-unsaturated/α-hetero) is 1. The lowest BCUT2D eigenvalue weighted by atomic mass is 9.88. The summed E-state index contributed by atoms with van der Waals surface area (Å²) in [4.78, 5) is 12.1. The van der Waals surface area contributed by atoms with Gasteiger partial charge in [0.05, 0.1) is 6.07 Å². The molecule has 0 heterocycles. The quantitative estimate of drug-likeness (QED) is 0.791. The Labute approximate surface area is 104 Å². The third-order valence-electron chi connectivity index (χ3n) is 2.55. The Kier molecular flexibility index (Phi) is 4.26. The zero-order valence-electron chi connectivity index (χ0n) is 9.62. The summed E-state index contributed by atoms with van der Waals surface area (Å²) in [6.45, 7) is 5.66. The molecule has 3 heteroatoms. The Morgan fingerprint density at radius 3 is 2.56 bits per heavy atom. The first kappa shape index (κ1) is 12.9. The van der Waals surface area contributed by atoms with Crippen LogP contribution in [0.15, 0.2) is 22.7 Å². The van der Waals surface area contributed by atoms with Crippen molar-refractivity contribution in [2.24, 2.45) is 11.8 Å². The van der Waals surface area contributed by atoms with Crippen LogP contribution in [-0.4, -0.2) is 5.78 Å². The van der Waals surface area contributed by atoms with Gasteiger partial charge in [0.1, 0.15) is 5.92 Å². The van der Waals surface area contributed by atoms with E-state index in [1.54, 1.807) is 6.07 Å². The fourth-order valence-electron chi connectivity index (χ4n) is 1.54. The molecule has 0 aliphatic heterocycles. The maximum absolute atomic E-state index is 12.1. The fourth-order valence-corrected chi connectivity index (χ4v) is 1.90. The van der Waals surface area contributed by atoms with Crippen molar-refractivity contribution in [3.05, 3.63) is 33.8 Å². The van der Waals surface area contributed by atoms with Gasteiger partial charge in [-0.1, -0.05) is 35.8 Å². The van der Waals surface area contributed by atoms with Crippen LogP contribution in [-0.2, 0) is 0 Å². The number of nitrogens with zero attached hydrogens (tertiary/aromatic N) is 1. The van der Waals surface area contributed by atoms with E-state index < -0.39 is 5.92 Å². The summed E-state index contributed by atoms with van der Waals surface area (Å²) in [5.74, 6) is -0.611. The maximum atomic E-state index is 12.1. The molecule has 0 aliphatic rings. The molecule has 0 aliphatic carbocycles. The van der Waals surface area contributed by atoms with Gasteiger partial charge in [-0.2, -0.15) is 5.26 Å². The minimum Gasteiger partial charge on any atom is -0.293 e. The largest absolute Gasteiger partial charge is 0.293 e. The van der Waals surface area contributed by atoms with Crippen LogP contribution in [0.1, 0.15) is 29.8 Å². The van der Waals surface area contributed by atoms with Gasteiger partial charge in [0.25, 0.3) is 0 Å². The number of carbonyl (C=O) groups excluding carboxylic acids is 1. The standard InChI is InChI=1S/C13H14BrNO/c1-8(2)12(7-15)13(16)11-6-10(14)5-4-9(11)3/h4-6,8,12H,1-3H3. The fraction of sp³-hybridized carbons (Fsp3) is 0.385. The predicted molar refractivity (Wildman–Crippen MR) is 67.2 cm³/mol. The van der Waals surface area contributed by atoms with E-state index in [-0.39, 0.29) is 11.7 Å². The van der Waals surface area contributed by atoms with Crippen molar-refractivity contribution in [3.8, 4) is 6.07 Å². The number of ketones is 1. The van der Waals surface area contributed by atoms with Crippen LogP contribution in [0.25, 0.3) is 0 Å². The van der Waals surface area contributed by atoms with Crippen LogP contribution < -0.4 is 0 Å². The summed E-state index contributed by atoms with van der Waals surface area (Å²) >= 11 is 3.34. The van der Waals surface area contributed by atoms with Crippen LogP contribution in [0, 0.1) is 30.1 Å². The minimum absolute atomic E-state index is 0.0379. The van der Waals surface area contributed by atoms with E-state index in [9.17, 15) is 4.79 Å². The number of nitriles is 1. The normalized spacial score (nSPS) is 12.2. The first-order chi connectivity index (χ1) is 7.47. The highest BCUT2D eigenvalue weighted by Gasteiger charge is 2.24. The highest BCUT2D eigenvalue weighted by atomic mass is 79.9. The summed E-state index contributed by atoms with van der Waals surface area (Å²) in [5, 5.41) is 9.01. The Hall–Kier alpha value is -1.14. The van der Waals surface area contributed by atoms with Crippen molar-refractivity contribution in [3.63, 3.8) is 0 Å². The summed E-state index contributed by atoms with van der Waals surface area (Å²) in [7, 11) is 0. The van der Waals surface area contributed by atoms with E-state index in [2.05, 4.69) is 22.0 Å². The smallest absolute Gasteiger partial charge is 0.180 e. The van der Waals surface area contributed by atoms with Gasteiger partial charge >= 0.3 is 0 Å². The van der Waals surface area contributed by atoms with Gasteiger partial charge in [-0.3, -0.25) is 4.79 Å². The Balaban J connectivity index is 3.14. The molecule has 0 aromatic heterocycles. The van der Waals surface area contributed by atoms with Crippen molar-refractivity contribution in [2.75, 3.05) is 0 Å². The van der Waals surface area contributed by atoms with Gasteiger partial charge in [-0.25, -0.2) is 0 Å². The van der Waals surface area contributed by atoms with Crippen molar-refractivity contribution in [1.29, 1.82) is 5.26 Å². The minimum atomic E-state index is -0.562. The molecule has 84 valence electrons. The number of benzene rings is 1. The Morgan fingerprint density at radius 2 is 2.06 bits per heavy atom. The topological polar surface area (TPSA) is 40.9 Å². The molecular weight excluding hydrogens is 266 g/mol. The van der Waals surface area contributed by atoms with E-state index in [1.165, 1.54) is 0 Å². The van der Waals surface area contributed by atoms with Crippen LogP contribution in [0.4, 0.5) is 0 Å². The summed E-state index contributed by atoms with van der Waals surface area (Å²) in [6.07, 6.45) is 0. The van der Waals surface area contributed by atoms with Gasteiger partial charge in [0.15, 0.2) is 5.78 Å². The van der Waals surface area contributed by atoms with E-state index in [4.69, 9.17) is 5.26 Å². The summed E-state index contributed by atoms with van der Waals surface area (Å²) < 4.78 is 0.863. The molecule has 0 radical (unpaired) electrons. The van der Waals surface area contributed by atoms with Gasteiger partial charge in [-0.15, -0.1) is 0 Å². The van der Waals surface area contributed by atoms with Gasteiger partial charge in [-0.05, 0) is 30.5 Å². The summed E-state index contributed by atoms with van der Waals surface area (Å²) in [5.41, 5.74) is 1.55. The highest BCUT2D eigenvalue weighted by Crippen LogP contribution is 2.22. The molecule has 16 heavy (non-hydrogen) atoms. The van der Waals surface area contributed by atoms with Crippen LogP contribution in [0.5, 0.6) is 0 Å². The predicted octanol–water partition coefficient (Wildman–Crippen LogP) is 3.74. The molecule has 0 N–H and O–H groups in total. The first-order valence-corrected chi connectivity index (χ1v) is 5.96. The van der Waals surface area contributed by atoms with Crippen molar-refractivity contribution in [1.82, 2.24) is 0 Å². The zero-order chi connectivity index (χ0) is 12.3. The van der Waals surface area contributed by atoms with E-state index in [0.717, 1.165) is 10.0 Å². The average molecular weight is 280 g/mol. The SMILES string of the molecule is Cc1ccc(Br)cc1C(=O)C(C#N)C(C)C. The first-order valence-electron chi connectivity index (χ1n) is 5.17. The number of carbonyl (C=O) groups is 1. The molecule has 0 bridgehead atoms. The Bertz CT molecular complexity index is 446. The zero-order valence-corrected chi connectivity index (χ0v) is 11.2. The molecule has 1 atom stereocenters. The van der Waals surface area contributed by atoms with Gasteiger partial charge in [0, 0.05) is 10.0 Å². The van der Waals surface area contributed by atoms with Crippen LogP contribution in [0.3, 0.4) is 0 Å². The second kappa shape index (κ2) is 5.27. The molecule has 0 saturated carbocycles. The molecular formula is C13H14BrNO. The monoisotopic (exact) mass is 279 g/mol. The molecule has 1 rings (SSSR count). The molecule has 0 saturated heterocycles. The van der Waals surface area contributed by atoms with E-state index in [0.29, 0.717) is 5.56 Å². The van der Waals surface area contributed by atoms with Gasteiger partial charge < -0.3 is 0 Å². The molecule has 0 amide bonds. The van der Waals surface area contributed by atoms with Crippen molar-refractivity contribution in [2.45, 2.75) is 20.8 Å². The van der Waals surface area contributed by atoms with Crippen LogP contribution >= 0.6 is 15.9 Å². The molecule has 0 fully saturated rings. The van der Waals surface area contributed by atoms with Crippen molar-refractivity contribution < 1.29 is 4.79 Å². The second-order valence-electron chi connectivity index (χ2n) is 4.17. The number of hydrogen-bond acceptors (Lipinski definition) is 2. The number of aryl methyl sites for hydroxylation is 1. The van der Waals surface area contributed by atoms with Crippen molar-refractivity contribution >= 4 is 21.7 Å². The molecule has 1 unspecified atom stereocenters. The highest BCUT2D eigenvalue weighted by molar-refractivity contribution is 9.10. The molecule has 1 aromatic rings. The second-order valence-corrected chi connectivity index (χ2v) is 5.09.